The van der Waals surface area contributed by atoms with Gasteiger partial charge in [-0.25, -0.2) is 0 Å². The van der Waals surface area contributed by atoms with Crippen molar-refractivity contribution in [2.75, 3.05) is 31.6 Å². The second kappa shape index (κ2) is 8.15. The van der Waals surface area contributed by atoms with Crippen LogP contribution in [0, 0.1) is 12.8 Å². The van der Waals surface area contributed by atoms with Crippen LogP contribution in [0.25, 0.3) is 0 Å². The summed E-state index contributed by atoms with van der Waals surface area (Å²) in [4.78, 5) is 14.3. The van der Waals surface area contributed by atoms with Gasteiger partial charge in [-0.1, -0.05) is 12.1 Å². The summed E-state index contributed by atoms with van der Waals surface area (Å²) in [7, 11) is 0. The highest BCUT2D eigenvalue weighted by Crippen LogP contribution is 2.19. The number of aliphatic hydroxyl groups excluding tert-OH is 1. The molecule has 1 amide bonds. The number of aliphatic hydroxyl groups is 1. The van der Waals surface area contributed by atoms with Crippen molar-refractivity contribution in [3.63, 3.8) is 0 Å². The minimum Gasteiger partial charge on any atom is -0.396 e. The second-order valence-corrected chi connectivity index (χ2v) is 5.99. The van der Waals surface area contributed by atoms with Crippen molar-refractivity contribution in [1.82, 2.24) is 4.90 Å². The summed E-state index contributed by atoms with van der Waals surface area (Å²) in [6, 6.07) is 7.88. The normalized spacial score (nSPS) is 18.9. The van der Waals surface area contributed by atoms with Crippen LogP contribution in [0.1, 0.15) is 31.2 Å². The molecule has 116 valence electrons. The summed E-state index contributed by atoms with van der Waals surface area (Å²) >= 11 is 0. The van der Waals surface area contributed by atoms with Crippen LogP contribution in [-0.4, -0.2) is 42.2 Å². The molecule has 1 unspecified atom stereocenters. The molecule has 0 radical (unpaired) electrons. The third kappa shape index (κ3) is 5.48. The van der Waals surface area contributed by atoms with Gasteiger partial charge in [0, 0.05) is 25.3 Å². The van der Waals surface area contributed by atoms with Crippen LogP contribution in [-0.2, 0) is 4.79 Å². The molecule has 0 saturated carbocycles. The number of rotatable bonds is 7. The van der Waals surface area contributed by atoms with E-state index in [1.807, 2.05) is 31.2 Å². The van der Waals surface area contributed by atoms with Gasteiger partial charge in [0.25, 0.3) is 0 Å². The van der Waals surface area contributed by atoms with Crippen molar-refractivity contribution >= 4 is 11.6 Å². The van der Waals surface area contributed by atoms with Gasteiger partial charge in [0.1, 0.15) is 0 Å². The quantitative estimate of drug-likeness (QED) is 0.811. The van der Waals surface area contributed by atoms with E-state index in [1.54, 1.807) is 0 Å². The smallest absolute Gasteiger partial charge is 0.224 e. The number of nitrogens with one attached hydrogen (secondary N) is 1. The van der Waals surface area contributed by atoms with Gasteiger partial charge in [-0.05, 0) is 62.9 Å². The Kier molecular flexibility index (Phi) is 6.21. The lowest BCUT2D eigenvalue weighted by Crippen LogP contribution is -2.23. The monoisotopic (exact) mass is 290 g/mol. The average Bonchev–Trinajstić information content (AvgIpc) is 2.87. The van der Waals surface area contributed by atoms with Gasteiger partial charge >= 0.3 is 0 Å². The van der Waals surface area contributed by atoms with Gasteiger partial charge in [0.2, 0.25) is 5.91 Å². The largest absolute Gasteiger partial charge is 0.396 e. The lowest BCUT2D eigenvalue weighted by molar-refractivity contribution is -0.116. The molecule has 0 aliphatic carbocycles. The average molecular weight is 290 g/mol. The van der Waals surface area contributed by atoms with Gasteiger partial charge in [-0.2, -0.15) is 0 Å². The Labute approximate surface area is 127 Å². The van der Waals surface area contributed by atoms with Crippen molar-refractivity contribution in [2.45, 2.75) is 32.6 Å². The molecule has 4 heteroatoms. The van der Waals surface area contributed by atoms with Gasteiger partial charge in [0.05, 0.1) is 0 Å². The lowest BCUT2D eigenvalue weighted by atomic mass is 10.1. The number of amides is 1. The first-order valence-corrected chi connectivity index (χ1v) is 7.87. The van der Waals surface area contributed by atoms with E-state index in [4.69, 9.17) is 5.11 Å². The Morgan fingerprint density at radius 2 is 2.33 bits per heavy atom. The van der Waals surface area contributed by atoms with Crippen molar-refractivity contribution in [1.29, 1.82) is 0 Å². The maximum atomic E-state index is 11.9. The first-order chi connectivity index (χ1) is 10.2. The van der Waals surface area contributed by atoms with Gasteiger partial charge in [-0.15, -0.1) is 0 Å². The van der Waals surface area contributed by atoms with Crippen LogP contribution in [0.3, 0.4) is 0 Å². The molecule has 21 heavy (non-hydrogen) atoms. The molecule has 1 fully saturated rings. The minimum atomic E-state index is 0.0895. The highest BCUT2D eigenvalue weighted by molar-refractivity contribution is 5.90. The fourth-order valence-corrected chi connectivity index (χ4v) is 2.94. The van der Waals surface area contributed by atoms with Crippen LogP contribution < -0.4 is 5.32 Å². The number of hydrogen-bond donors (Lipinski definition) is 2. The highest BCUT2D eigenvalue weighted by atomic mass is 16.3. The summed E-state index contributed by atoms with van der Waals surface area (Å²) in [5.41, 5.74) is 2.03. The standard InChI is InChI=1S/C17H26N2O2/c1-14-4-2-5-16(12-14)18-17(21)6-3-9-19-10-7-15(13-19)8-11-20/h2,4-5,12,15,20H,3,6-11,13H2,1H3,(H,18,21). The van der Waals surface area contributed by atoms with Crippen molar-refractivity contribution in [3.05, 3.63) is 29.8 Å². The summed E-state index contributed by atoms with van der Waals surface area (Å²) in [5.74, 6) is 0.725. The number of carbonyl (C=O) groups is 1. The van der Waals surface area contributed by atoms with E-state index >= 15 is 0 Å². The maximum Gasteiger partial charge on any atom is 0.224 e. The van der Waals surface area contributed by atoms with Crippen molar-refractivity contribution in [3.8, 4) is 0 Å². The van der Waals surface area contributed by atoms with E-state index in [0.717, 1.165) is 43.7 Å². The molecule has 2 rings (SSSR count). The summed E-state index contributed by atoms with van der Waals surface area (Å²) in [6.45, 7) is 5.45. The Bertz CT molecular complexity index is 462. The molecule has 1 aliphatic heterocycles. The molecule has 1 atom stereocenters. The van der Waals surface area contributed by atoms with E-state index in [-0.39, 0.29) is 12.5 Å². The molecule has 1 aliphatic rings. The molecule has 1 heterocycles. The van der Waals surface area contributed by atoms with E-state index < -0.39 is 0 Å². The van der Waals surface area contributed by atoms with Crippen molar-refractivity contribution in [2.24, 2.45) is 5.92 Å². The second-order valence-electron chi connectivity index (χ2n) is 5.99. The first-order valence-electron chi connectivity index (χ1n) is 7.87. The van der Waals surface area contributed by atoms with Gasteiger partial charge in [0.15, 0.2) is 0 Å². The molecule has 4 nitrogen and oxygen atoms in total. The molecular weight excluding hydrogens is 264 g/mol. The number of anilines is 1. The Morgan fingerprint density at radius 1 is 1.48 bits per heavy atom. The van der Waals surface area contributed by atoms with E-state index in [9.17, 15) is 4.79 Å². The van der Waals surface area contributed by atoms with Crippen LogP contribution in [0.15, 0.2) is 24.3 Å². The molecule has 2 N–H and O–H groups in total. The molecule has 0 bridgehead atoms. The predicted molar refractivity (Wildman–Crippen MR) is 85.3 cm³/mol. The molecule has 0 spiro atoms. The summed E-state index contributed by atoms with van der Waals surface area (Å²) in [5, 5.41) is 11.9. The molecule has 1 saturated heterocycles. The SMILES string of the molecule is Cc1cccc(NC(=O)CCCN2CCC(CCO)C2)c1. The van der Waals surface area contributed by atoms with Crippen molar-refractivity contribution < 1.29 is 9.90 Å². The lowest BCUT2D eigenvalue weighted by Gasteiger charge is -2.15. The zero-order valence-corrected chi connectivity index (χ0v) is 12.8. The number of likely N-dealkylation sites (tertiary alicyclic amines) is 1. The van der Waals surface area contributed by atoms with E-state index in [2.05, 4.69) is 10.2 Å². The first kappa shape index (κ1) is 16.0. The fourth-order valence-electron chi connectivity index (χ4n) is 2.94. The Balaban J connectivity index is 1.64. The highest BCUT2D eigenvalue weighted by Gasteiger charge is 2.21. The predicted octanol–water partition coefficient (Wildman–Crippen LogP) is 2.42. The van der Waals surface area contributed by atoms with E-state index in [1.165, 1.54) is 6.42 Å². The topological polar surface area (TPSA) is 52.6 Å². The number of aryl methyl sites for hydroxylation is 1. The zero-order chi connectivity index (χ0) is 15.1. The Hall–Kier alpha value is -1.39. The van der Waals surface area contributed by atoms with Crippen LogP contribution >= 0.6 is 0 Å². The fraction of sp³-hybridized carbons (Fsp3) is 0.588. The molecule has 1 aromatic carbocycles. The van der Waals surface area contributed by atoms with E-state index in [0.29, 0.717) is 12.3 Å². The molecule has 1 aromatic rings. The minimum absolute atomic E-state index is 0.0895. The number of carbonyl (C=O) groups excluding carboxylic acids is 1. The summed E-state index contributed by atoms with van der Waals surface area (Å²) in [6.07, 6.45) is 3.54. The maximum absolute atomic E-state index is 11.9. The number of hydrogen-bond acceptors (Lipinski definition) is 3. The van der Waals surface area contributed by atoms with Crippen LogP contribution in [0.2, 0.25) is 0 Å². The van der Waals surface area contributed by atoms with Crippen LogP contribution in [0.4, 0.5) is 5.69 Å². The number of nitrogens with zero attached hydrogens (tertiary/aromatic N) is 1. The third-order valence-electron chi connectivity index (χ3n) is 4.09. The van der Waals surface area contributed by atoms with Gasteiger partial charge in [-0.3, -0.25) is 4.79 Å². The molecular formula is C17H26N2O2. The Morgan fingerprint density at radius 3 is 3.10 bits per heavy atom. The zero-order valence-electron chi connectivity index (χ0n) is 12.8. The number of benzene rings is 1. The summed E-state index contributed by atoms with van der Waals surface area (Å²) < 4.78 is 0. The third-order valence-corrected chi connectivity index (χ3v) is 4.09. The van der Waals surface area contributed by atoms with Crippen LogP contribution in [0.5, 0.6) is 0 Å². The molecule has 0 aromatic heterocycles. The van der Waals surface area contributed by atoms with Gasteiger partial charge < -0.3 is 15.3 Å².